The Morgan fingerprint density at radius 2 is 2.50 bits per heavy atom. The van der Waals surface area contributed by atoms with E-state index in [4.69, 9.17) is 0 Å². The van der Waals surface area contributed by atoms with Gasteiger partial charge in [-0.3, -0.25) is 0 Å². The molecule has 0 bridgehead atoms. The van der Waals surface area contributed by atoms with Crippen LogP contribution in [0.3, 0.4) is 0 Å². The summed E-state index contributed by atoms with van der Waals surface area (Å²) in [6, 6.07) is 0. The summed E-state index contributed by atoms with van der Waals surface area (Å²) < 4.78 is 0.623. The summed E-state index contributed by atoms with van der Waals surface area (Å²) in [7, 11) is 0. The molecule has 0 N–H and O–H groups in total. The second-order valence-electron chi connectivity index (χ2n) is 0.683. The highest BCUT2D eigenvalue weighted by molar-refractivity contribution is 8.36. The number of thiocarbonyl (C=S) groups is 1. The van der Waals surface area contributed by atoms with Crippen molar-refractivity contribution in [2.75, 3.05) is 5.75 Å². The average molecular weight is 137 g/mol. The Hall–Kier alpha value is 0.660. The van der Waals surface area contributed by atoms with Crippen molar-refractivity contribution in [3.63, 3.8) is 0 Å². The van der Waals surface area contributed by atoms with Gasteiger partial charge in [-0.2, -0.15) is 0 Å². The summed E-state index contributed by atoms with van der Waals surface area (Å²) in [5.41, 5.74) is 0. The third-order valence-corrected chi connectivity index (χ3v) is 1.49. The molecule has 0 saturated heterocycles. The standard InChI is InChI=1S/C3H6S3/c1-2-6-3(4)5/h2H2,1H3,(H,4,5)/p-1. The predicted octanol–water partition coefficient (Wildman–Crippen LogP) is 1.57. The molecule has 0 unspecified atom stereocenters. The van der Waals surface area contributed by atoms with Crippen LogP contribution in [0.2, 0.25) is 0 Å². The summed E-state index contributed by atoms with van der Waals surface area (Å²) in [5.74, 6) is 1.00. The maximum absolute atomic E-state index is 4.57. The van der Waals surface area contributed by atoms with Crippen LogP contribution in [0.25, 0.3) is 0 Å². The Morgan fingerprint density at radius 1 is 2.00 bits per heavy atom. The van der Waals surface area contributed by atoms with Gasteiger partial charge in [0.25, 0.3) is 0 Å². The molecule has 3 heteroatoms. The fourth-order valence-corrected chi connectivity index (χ4v) is 1.06. The van der Waals surface area contributed by atoms with Crippen molar-refractivity contribution in [2.45, 2.75) is 6.92 Å². The zero-order valence-electron chi connectivity index (χ0n) is 3.43. The van der Waals surface area contributed by atoms with E-state index in [2.05, 4.69) is 24.8 Å². The molecule has 0 aliphatic heterocycles. The smallest absolute Gasteiger partial charge is 0.00642 e. The van der Waals surface area contributed by atoms with E-state index in [9.17, 15) is 0 Å². The Labute approximate surface area is 53.1 Å². The van der Waals surface area contributed by atoms with Crippen LogP contribution in [0, 0.1) is 0 Å². The van der Waals surface area contributed by atoms with Crippen LogP contribution in [0.5, 0.6) is 0 Å². The first-order valence-corrected chi connectivity index (χ1v) is 3.41. The lowest BCUT2D eigenvalue weighted by Gasteiger charge is -1.96. The van der Waals surface area contributed by atoms with Crippen LogP contribution >= 0.6 is 24.0 Å². The van der Waals surface area contributed by atoms with E-state index in [0.29, 0.717) is 3.53 Å². The minimum absolute atomic E-state index is 0.623. The van der Waals surface area contributed by atoms with Gasteiger partial charge in [-0.1, -0.05) is 10.5 Å². The molecular weight excluding hydrogens is 132 g/mol. The maximum Gasteiger partial charge on any atom is -0.00642 e. The number of rotatable bonds is 1. The molecule has 0 fully saturated rings. The molecular formula is C3H5S3-. The largest absolute Gasteiger partial charge is 0.422 e. The molecule has 0 aromatic rings. The molecule has 0 rings (SSSR count). The Balaban J connectivity index is 2.83. The zero-order chi connectivity index (χ0) is 4.99. The minimum atomic E-state index is 0.623. The van der Waals surface area contributed by atoms with Crippen molar-refractivity contribution in [1.82, 2.24) is 0 Å². The predicted molar refractivity (Wildman–Crippen MR) is 38.1 cm³/mol. The number of hydrogen-bond acceptors (Lipinski definition) is 3. The van der Waals surface area contributed by atoms with Gasteiger partial charge in [0.15, 0.2) is 0 Å². The molecule has 0 saturated carbocycles. The molecule has 0 amide bonds. The molecule has 0 aromatic heterocycles. The Morgan fingerprint density at radius 3 is 2.50 bits per heavy atom. The van der Waals surface area contributed by atoms with Crippen molar-refractivity contribution < 1.29 is 0 Å². The van der Waals surface area contributed by atoms with Gasteiger partial charge in [0.2, 0.25) is 0 Å². The SMILES string of the molecule is CCSC(=S)[S-]. The first kappa shape index (κ1) is 6.66. The van der Waals surface area contributed by atoms with E-state index < -0.39 is 0 Å². The molecule has 6 heavy (non-hydrogen) atoms. The monoisotopic (exact) mass is 137 g/mol. The minimum Gasteiger partial charge on any atom is -0.422 e. The highest BCUT2D eigenvalue weighted by Crippen LogP contribution is 1.98. The van der Waals surface area contributed by atoms with Gasteiger partial charge in [0.1, 0.15) is 0 Å². The highest BCUT2D eigenvalue weighted by Gasteiger charge is 1.69. The summed E-state index contributed by atoms with van der Waals surface area (Å²) in [6.07, 6.45) is 0. The molecule has 36 valence electrons. The normalized spacial score (nSPS) is 8.17. The van der Waals surface area contributed by atoms with Gasteiger partial charge in [-0.25, -0.2) is 0 Å². The van der Waals surface area contributed by atoms with E-state index in [0.717, 1.165) is 5.75 Å². The first-order valence-electron chi connectivity index (χ1n) is 1.61. The third kappa shape index (κ3) is 4.66. The molecule has 0 nitrogen and oxygen atoms in total. The lowest BCUT2D eigenvalue weighted by molar-refractivity contribution is 1.54. The molecule has 0 aromatic carbocycles. The molecule has 0 heterocycles. The quantitative estimate of drug-likeness (QED) is 0.398. The van der Waals surface area contributed by atoms with Gasteiger partial charge in [0, 0.05) is 0 Å². The van der Waals surface area contributed by atoms with E-state index >= 15 is 0 Å². The van der Waals surface area contributed by atoms with E-state index in [1.54, 1.807) is 0 Å². The second-order valence-corrected chi connectivity index (χ2v) is 3.55. The average Bonchev–Trinajstić information content (AvgIpc) is 1.35. The lowest BCUT2D eigenvalue weighted by atomic mass is 11.0. The fraction of sp³-hybridized carbons (Fsp3) is 0.667. The van der Waals surface area contributed by atoms with Crippen molar-refractivity contribution >= 4 is 40.1 Å². The van der Waals surface area contributed by atoms with Crippen LogP contribution in [0.4, 0.5) is 0 Å². The summed E-state index contributed by atoms with van der Waals surface area (Å²) in [6.45, 7) is 2.03. The van der Waals surface area contributed by atoms with Gasteiger partial charge in [-0.05, 0) is 5.75 Å². The van der Waals surface area contributed by atoms with E-state index in [1.165, 1.54) is 11.8 Å². The van der Waals surface area contributed by atoms with Crippen molar-refractivity contribution in [1.29, 1.82) is 0 Å². The van der Waals surface area contributed by atoms with Gasteiger partial charge in [-0.15, -0.1) is 11.8 Å². The molecule has 0 spiro atoms. The molecule has 0 aliphatic carbocycles. The number of thioether (sulfide) groups is 1. The molecule has 0 atom stereocenters. The first-order chi connectivity index (χ1) is 2.77. The number of hydrogen-bond donors (Lipinski definition) is 0. The lowest BCUT2D eigenvalue weighted by Crippen LogP contribution is -1.76. The van der Waals surface area contributed by atoms with Crippen molar-refractivity contribution in [3.05, 3.63) is 0 Å². The molecule has 0 aliphatic rings. The van der Waals surface area contributed by atoms with Gasteiger partial charge >= 0.3 is 0 Å². The van der Waals surface area contributed by atoms with Crippen molar-refractivity contribution in [2.24, 2.45) is 0 Å². The fourth-order valence-electron chi connectivity index (χ4n) is 0.118. The summed E-state index contributed by atoms with van der Waals surface area (Å²) >= 11 is 10.7. The van der Waals surface area contributed by atoms with Crippen LogP contribution in [-0.4, -0.2) is 9.28 Å². The summed E-state index contributed by atoms with van der Waals surface area (Å²) in [5, 5.41) is 0. The topological polar surface area (TPSA) is 0 Å². The van der Waals surface area contributed by atoms with Crippen LogP contribution in [-0.2, 0) is 12.6 Å². The second kappa shape index (κ2) is 3.84. The molecule has 0 radical (unpaired) electrons. The maximum atomic E-state index is 4.57. The highest BCUT2D eigenvalue weighted by atomic mass is 32.2. The van der Waals surface area contributed by atoms with Crippen LogP contribution in [0.15, 0.2) is 0 Å². The van der Waals surface area contributed by atoms with Gasteiger partial charge in [0.05, 0.1) is 0 Å². The zero-order valence-corrected chi connectivity index (χ0v) is 5.88. The van der Waals surface area contributed by atoms with Crippen LogP contribution in [0.1, 0.15) is 6.92 Å². The van der Waals surface area contributed by atoms with E-state index in [-0.39, 0.29) is 0 Å². The third-order valence-electron chi connectivity index (χ3n) is 0.262. The Bertz CT molecular complexity index is 50.0. The van der Waals surface area contributed by atoms with E-state index in [1.807, 2.05) is 6.92 Å². The van der Waals surface area contributed by atoms with Crippen molar-refractivity contribution in [3.8, 4) is 0 Å². The summed E-state index contributed by atoms with van der Waals surface area (Å²) in [4.78, 5) is 0. The Kier molecular flexibility index (Phi) is 4.26. The van der Waals surface area contributed by atoms with Gasteiger partial charge < -0.3 is 24.8 Å². The van der Waals surface area contributed by atoms with Crippen LogP contribution < -0.4 is 0 Å².